The van der Waals surface area contributed by atoms with Crippen LogP contribution < -0.4 is 4.74 Å². The number of carbonyl (C=O) groups is 2. The second-order valence-corrected chi connectivity index (χ2v) is 8.95. The molecule has 0 spiro atoms. The highest BCUT2D eigenvalue weighted by atomic mass is 19.1. The summed E-state index contributed by atoms with van der Waals surface area (Å²) in [5.74, 6) is 4.95. The molecular weight excluding hydrogens is 449 g/mol. The van der Waals surface area contributed by atoms with Gasteiger partial charge in [-0.15, -0.1) is 0 Å². The van der Waals surface area contributed by atoms with E-state index in [0.717, 1.165) is 12.8 Å². The van der Waals surface area contributed by atoms with Gasteiger partial charge in [-0.3, -0.25) is 9.59 Å². The fourth-order valence-corrected chi connectivity index (χ4v) is 3.87. The fraction of sp³-hybridized carbons (Fsp3) is 0.444. The van der Waals surface area contributed by atoms with Crippen molar-refractivity contribution < 1.29 is 23.8 Å². The highest BCUT2D eigenvalue weighted by molar-refractivity contribution is 5.97. The molecular formula is C27H32FN3O4. The van der Waals surface area contributed by atoms with Crippen LogP contribution in [0.4, 0.5) is 4.39 Å². The van der Waals surface area contributed by atoms with Crippen LogP contribution in [0.1, 0.15) is 59.9 Å². The molecule has 1 N–H and O–H groups in total. The number of fused-ring (bicyclic) bond motifs is 1. The SMILES string of the molecule is CCCC#Cc1cnc2c(c1)C(=O)N([C@H](C)CO)C[C@@H](C)[C@H](CN(C)C(=O)c1cccc(F)c1)O2. The van der Waals surface area contributed by atoms with E-state index in [1.165, 1.54) is 23.1 Å². The number of aliphatic hydroxyl groups is 1. The summed E-state index contributed by atoms with van der Waals surface area (Å²) in [6.07, 6.45) is 2.73. The molecule has 3 rings (SSSR count). The van der Waals surface area contributed by atoms with Crippen LogP contribution in [-0.4, -0.2) is 70.6 Å². The zero-order valence-corrected chi connectivity index (χ0v) is 20.6. The Balaban J connectivity index is 1.93. The van der Waals surface area contributed by atoms with Crippen LogP contribution in [0.3, 0.4) is 0 Å². The summed E-state index contributed by atoms with van der Waals surface area (Å²) < 4.78 is 19.8. The van der Waals surface area contributed by atoms with Crippen molar-refractivity contribution in [2.24, 2.45) is 5.92 Å². The monoisotopic (exact) mass is 481 g/mol. The summed E-state index contributed by atoms with van der Waals surface area (Å²) in [7, 11) is 1.63. The maximum absolute atomic E-state index is 13.6. The van der Waals surface area contributed by atoms with E-state index in [9.17, 15) is 19.1 Å². The van der Waals surface area contributed by atoms with Crippen molar-refractivity contribution >= 4 is 11.8 Å². The van der Waals surface area contributed by atoms with Crippen molar-refractivity contribution in [1.29, 1.82) is 0 Å². The number of benzene rings is 1. The van der Waals surface area contributed by atoms with Crippen molar-refractivity contribution in [3.63, 3.8) is 0 Å². The molecule has 8 heteroatoms. The van der Waals surface area contributed by atoms with E-state index in [4.69, 9.17) is 4.74 Å². The number of halogens is 1. The van der Waals surface area contributed by atoms with Crippen molar-refractivity contribution in [1.82, 2.24) is 14.8 Å². The first-order valence-electron chi connectivity index (χ1n) is 11.8. The molecule has 0 bridgehead atoms. The number of ether oxygens (including phenoxy) is 1. The number of carbonyl (C=O) groups excluding carboxylic acids is 2. The molecule has 35 heavy (non-hydrogen) atoms. The molecule has 1 aromatic carbocycles. The third-order valence-corrected chi connectivity index (χ3v) is 6.00. The number of pyridine rings is 1. The Morgan fingerprint density at radius 3 is 2.86 bits per heavy atom. The quantitative estimate of drug-likeness (QED) is 0.640. The van der Waals surface area contributed by atoms with Gasteiger partial charge in [0.15, 0.2) is 0 Å². The Morgan fingerprint density at radius 1 is 1.40 bits per heavy atom. The predicted molar refractivity (Wildman–Crippen MR) is 131 cm³/mol. The van der Waals surface area contributed by atoms with Gasteiger partial charge < -0.3 is 19.6 Å². The van der Waals surface area contributed by atoms with E-state index in [2.05, 4.69) is 16.8 Å². The van der Waals surface area contributed by atoms with Gasteiger partial charge in [0, 0.05) is 43.3 Å². The topological polar surface area (TPSA) is 83.0 Å². The first kappa shape index (κ1) is 26.2. The van der Waals surface area contributed by atoms with Crippen molar-refractivity contribution in [2.45, 2.75) is 45.8 Å². The fourth-order valence-electron chi connectivity index (χ4n) is 3.87. The Bertz CT molecular complexity index is 1130. The van der Waals surface area contributed by atoms with Crippen LogP contribution in [-0.2, 0) is 0 Å². The lowest BCUT2D eigenvalue weighted by Crippen LogP contribution is -2.50. The molecule has 3 atom stereocenters. The van der Waals surface area contributed by atoms with Gasteiger partial charge in [0.1, 0.15) is 17.5 Å². The predicted octanol–water partition coefficient (Wildman–Crippen LogP) is 3.36. The van der Waals surface area contributed by atoms with Crippen LogP contribution >= 0.6 is 0 Å². The van der Waals surface area contributed by atoms with Crippen LogP contribution in [0.2, 0.25) is 0 Å². The third-order valence-electron chi connectivity index (χ3n) is 6.00. The van der Waals surface area contributed by atoms with E-state index >= 15 is 0 Å². The van der Waals surface area contributed by atoms with Gasteiger partial charge in [-0.1, -0.05) is 31.8 Å². The minimum Gasteiger partial charge on any atom is -0.472 e. The molecule has 2 amide bonds. The molecule has 1 aliphatic rings. The molecule has 7 nitrogen and oxygen atoms in total. The first-order valence-corrected chi connectivity index (χ1v) is 11.8. The number of aliphatic hydroxyl groups excluding tert-OH is 1. The number of amides is 2. The molecule has 1 aliphatic heterocycles. The maximum Gasteiger partial charge on any atom is 0.259 e. The lowest BCUT2D eigenvalue weighted by atomic mass is 9.99. The number of aromatic nitrogens is 1. The number of nitrogens with zero attached hydrogens (tertiary/aromatic N) is 3. The number of likely N-dealkylation sites (N-methyl/N-ethyl adjacent to an activating group) is 1. The van der Waals surface area contributed by atoms with Gasteiger partial charge in [-0.05, 0) is 37.6 Å². The molecule has 0 fully saturated rings. The van der Waals surface area contributed by atoms with Gasteiger partial charge in [0.25, 0.3) is 11.8 Å². The van der Waals surface area contributed by atoms with Gasteiger partial charge in [0.2, 0.25) is 5.88 Å². The second-order valence-electron chi connectivity index (χ2n) is 8.95. The number of rotatable bonds is 6. The second kappa shape index (κ2) is 11.8. The van der Waals surface area contributed by atoms with E-state index in [-0.39, 0.29) is 47.9 Å². The molecule has 0 unspecified atom stereocenters. The molecule has 0 saturated carbocycles. The Kier molecular flexibility index (Phi) is 8.83. The smallest absolute Gasteiger partial charge is 0.259 e. The maximum atomic E-state index is 13.6. The Hall–Kier alpha value is -3.44. The number of hydrogen-bond acceptors (Lipinski definition) is 5. The van der Waals surface area contributed by atoms with Crippen molar-refractivity contribution in [3.8, 4) is 17.7 Å². The summed E-state index contributed by atoms with van der Waals surface area (Å²) in [6.45, 7) is 6.06. The Morgan fingerprint density at radius 2 is 2.17 bits per heavy atom. The minimum atomic E-state index is -0.498. The zero-order chi connectivity index (χ0) is 25.5. The summed E-state index contributed by atoms with van der Waals surface area (Å²) in [5.41, 5.74) is 1.12. The van der Waals surface area contributed by atoms with Crippen LogP contribution in [0.5, 0.6) is 5.88 Å². The van der Waals surface area contributed by atoms with E-state index < -0.39 is 18.0 Å². The highest BCUT2D eigenvalue weighted by Crippen LogP contribution is 2.27. The molecule has 1 aromatic heterocycles. The number of hydrogen-bond donors (Lipinski definition) is 1. The van der Waals surface area contributed by atoms with E-state index in [1.807, 2.05) is 13.8 Å². The van der Waals surface area contributed by atoms with Crippen LogP contribution in [0, 0.1) is 23.6 Å². The van der Waals surface area contributed by atoms with Gasteiger partial charge in [-0.25, -0.2) is 9.37 Å². The highest BCUT2D eigenvalue weighted by Gasteiger charge is 2.34. The first-order chi connectivity index (χ1) is 16.7. The summed E-state index contributed by atoms with van der Waals surface area (Å²) >= 11 is 0. The van der Waals surface area contributed by atoms with Gasteiger partial charge in [-0.2, -0.15) is 0 Å². The zero-order valence-electron chi connectivity index (χ0n) is 20.6. The Labute approximate surface area is 205 Å². The minimum absolute atomic E-state index is 0.161. The largest absolute Gasteiger partial charge is 0.472 e. The summed E-state index contributed by atoms with van der Waals surface area (Å²) in [5, 5.41) is 9.79. The van der Waals surface area contributed by atoms with E-state index in [1.54, 1.807) is 37.2 Å². The van der Waals surface area contributed by atoms with Crippen LogP contribution in [0.15, 0.2) is 36.5 Å². The van der Waals surface area contributed by atoms with Crippen LogP contribution in [0.25, 0.3) is 0 Å². The molecule has 186 valence electrons. The van der Waals surface area contributed by atoms with Crippen molar-refractivity contribution in [2.75, 3.05) is 26.7 Å². The number of unbranched alkanes of at least 4 members (excludes halogenated alkanes) is 1. The molecule has 2 heterocycles. The van der Waals surface area contributed by atoms with Gasteiger partial charge >= 0.3 is 0 Å². The molecule has 0 aliphatic carbocycles. The molecule has 0 saturated heterocycles. The average molecular weight is 482 g/mol. The average Bonchev–Trinajstić information content (AvgIpc) is 2.85. The summed E-state index contributed by atoms with van der Waals surface area (Å²) in [6, 6.07) is 6.78. The van der Waals surface area contributed by atoms with Crippen molar-refractivity contribution in [3.05, 3.63) is 59.0 Å². The third kappa shape index (κ3) is 6.37. The molecule has 2 aromatic rings. The lowest BCUT2D eigenvalue weighted by molar-refractivity contribution is 0.0313. The van der Waals surface area contributed by atoms with E-state index in [0.29, 0.717) is 12.1 Å². The standard InChI is InChI=1S/C27H32FN3O4/c1-5-6-7-9-20-12-23-25(29-14-20)35-24(18(2)15-31(27(23)34)19(3)17-32)16-30(4)26(33)21-10-8-11-22(28)13-21/h8,10-14,18-19,24,32H,5-6,15-17H2,1-4H3/t18-,19-,24+/m1/s1. The lowest BCUT2D eigenvalue weighted by Gasteiger charge is -2.37. The van der Waals surface area contributed by atoms with Gasteiger partial charge in [0.05, 0.1) is 19.2 Å². The normalized spacial score (nSPS) is 18.3. The molecule has 0 radical (unpaired) electrons. The summed E-state index contributed by atoms with van der Waals surface area (Å²) in [4.78, 5) is 33.8.